The second-order valence-corrected chi connectivity index (χ2v) is 7.06. The number of primary amides is 1. The van der Waals surface area contributed by atoms with Crippen molar-refractivity contribution in [3.63, 3.8) is 0 Å². The van der Waals surface area contributed by atoms with Crippen LogP contribution in [0.15, 0.2) is 40.4 Å². The van der Waals surface area contributed by atoms with Gasteiger partial charge in [0, 0.05) is 19.3 Å². The van der Waals surface area contributed by atoms with Crippen LogP contribution in [0.4, 0.5) is 10.5 Å². The minimum atomic E-state index is -0.731. The van der Waals surface area contributed by atoms with Crippen molar-refractivity contribution in [3.8, 4) is 0 Å². The molecule has 29 heavy (non-hydrogen) atoms. The second-order valence-electron chi connectivity index (χ2n) is 7.06. The molecule has 0 aromatic carbocycles. The molecule has 154 valence electrons. The Bertz CT molecular complexity index is 1030. The molecule has 2 aromatic heterocycles. The summed E-state index contributed by atoms with van der Waals surface area (Å²) in [5.41, 5.74) is 10.5. The molecule has 11 heteroatoms. The average molecular weight is 402 g/mol. The Hall–Kier alpha value is -3.89. The van der Waals surface area contributed by atoms with Gasteiger partial charge in [-0.3, -0.25) is 14.5 Å². The van der Waals surface area contributed by atoms with Crippen molar-refractivity contribution < 1.29 is 19.3 Å². The van der Waals surface area contributed by atoms with Crippen LogP contribution in [0.5, 0.6) is 0 Å². The number of nitrogens with one attached hydrogen (secondary N) is 3. The van der Waals surface area contributed by atoms with Crippen LogP contribution in [-0.2, 0) is 4.74 Å². The van der Waals surface area contributed by atoms with Gasteiger partial charge in [0.25, 0.3) is 11.5 Å². The Morgan fingerprint density at radius 3 is 2.55 bits per heavy atom. The van der Waals surface area contributed by atoms with E-state index in [-0.39, 0.29) is 28.7 Å². The molecule has 0 bridgehead atoms. The SMILES string of the molecule is CN(C(=O)OC(C)(C)C)/C(=C/C(N)=Nc1ccc[nH]c1=O)c1[nH]c(C(N)=O)c[nH+]1. The number of aromatic amines is 3. The molecule has 0 saturated carbocycles. The number of hydrogen-bond acceptors (Lipinski definition) is 5. The van der Waals surface area contributed by atoms with E-state index in [1.54, 1.807) is 26.8 Å². The molecule has 0 aliphatic carbocycles. The van der Waals surface area contributed by atoms with Crippen LogP contribution in [0.3, 0.4) is 0 Å². The molecule has 0 radical (unpaired) electrons. The number of amides is 2. The summed E-state index contributed by atoms with van der Waals surface area (Å²) in [6.45, 7) is 5.18. The number of imidazole rings is 1. The Labute approximate surface area is 166 Å². The Morgan fingerprint density at radius 1 is 1.31 bits per heavy atom. The van der Waals surface area contributed by atoms with Gasteiger partial charge in [-0.25, -0.2) is 19.8 Å². The molecular weight excluding hydrogens is 378 g/mol. The van der Waals surface area contributed by atoms with E-state index in [2.05, 4.69) is 19.9 Å². The zero-order valence-corrected chi connectivity index (χ0v) is 16.6. The third kappa shape index (κ3) is 5.79. The number of aromatic nitrogens is 3. The number of carbonyl (C=O) groups excluding carboxylic acids is 2. The maximum Gasteiger partial charge on any atom is 0.414 e. The van der Waals surface area contributed by atoms with Gasteiger partial charge in [-0.05, 0) is 32.9 Å². The summed E-state index contributed by atoms with van der Waals surface area (Å²) in [6.07, 6.45) is 3.50. The highest BCUT2D eigenvalue weighted by Gasteiger charge is 2.27. The molecular formula is C18H24N7O4+. The summed E-state index contributed by atoms with van der Waals surface area (Å²) in [4.78, 5) is 49.0. The summed E-state index contributed by atoms with van der Waals surface area (Å²) in [6, 6.07) is 3.09. The average Bonchev–Trinajstić information content (AvgIpc) is 3.10. The standard InChI is InChI=1S/C18H23N7O4/c1-18(2,3)29-17(28)25(4)12(15-22-9-11(24-15)14(20)26)8-13(19)23-10-6-5-7-21-16(10)27/h5-9H,1-4H3,(H2,19,23)(H2,20,26)(H,21,27)(H,22,24)/p+1/b12-8+. The summed E-state index contributed by atoms with van der Waals surface area (Å²) >= 11 is 0. The van der Waals surface area contributed by atoms with Crippen molar-refractivity contribution >= 4 is 29.2 Å². The molecule has 0 atom stereocenters. The maximum absolute atomic E-state index is 12.5. The lowest BCUT2D eigenvalue weighted by atomic mass is 10.2. The van der Waals surface area contributed by atoms with E-state index in [9.17, 15) is 14.4 Å². The minimum Gasteiger partial charge on any atom is -0.443 e. The maximum atomic E-state index is 12.5. The van der Waals surface area contributed by atoms with Gasteiger partial charge in [0.15, 0.2) is 0 Å². The molecule has 0 saturated heterocycles. The molecule has 0 fully saturated rings. The number of aliphatic imine (C=N–C) groups is 1. The van der Waals surface area contributed by atoms with Crippen LogP contribution in [0.1, 0.15) is 37.1 Å². The number of nitrogens with zero attached hydrogens (tertiary/aromatic N) is 2. The van der Waals surface area contributed by atoms with Crippen LogP contribution in [0.2, 0.25) is 0 Å². The predicted molar refractivity (Wildman–Crippen MR) is 106 cm³/mol. The van der Waals surface area contributed by atoms with E-state index in [1.165, 1.54) is 36.5 Å². The molecule has 0 spiro atoms. The van der Waals surface area contributed by atoms with Gasteiger partial charge < -0.3 is 21.2 Å². The fourth-order valence-electron chi connectivity index (χ4n) is 2.20. The summed E-state index contributed by atoms with van der Waals surface area (Å²) in [5.74, 6) is -0.493. The van der Waals surface area contributed by atoms with Crippen LogP contribution < -0.4 is 22.0 Å². The fourth-order valence-corrected chi connectivity index (χ4v) is 2.20. The van der Waals surface area contributed by atoms with Crippen molar-refractivity contribution in [2.45, 2.75) is 26.4 Å². The zero-order valence-electron chi connectivity index (χ0n) is 16.6. The molecule has 2 heterocycles. The molecule has 2 rings (SSSR count). The van der Waals surface area contributed by atoms with E-state index >= 15 is 0 Å². The first kappa shape index (κ1) is 21.4. The number of H-pyrrole nitrogens is 3. The first-order valence-corrected chi connectivity index (χ1v) is 8.59. The minimum absolute atomic E-state index is 0.0595. The van der Waals surface area contributed by atoms with Crippen LogP contribution >= 0.6 is 0 Å². The monoisotopic (exact) mass is 402 g/mol. The first-order chi connectivity index (χ1) is 13.5. The third-order valence-corrected chi connectivity index (χ3v) is 3.50. The van der Waals surface area contributed by atoms with Gasteiger partial charge in [0.2, 0.25) is 5.69 Å². The fraction of sp³-hybridized carbons (Fsp3) is 0.278. The van der Waals surface area contributed by atoms with E-state index in [0.717, 1.165) is 0 Å². The van der Waals surface area contributed by atoms with Crippen LogP contribution in [0, 0.1) is 0 Å². The van der Waals surface area contributed by atoms with E-state index < -0.39 is 23.2 Å². The number of ether oxygens (including phenoxy) is 1. The van der Waals surface area contributed by atoms with Gasteiger partial charge in [-0.15, -0.1) is 0 Å². The largest absolute Gasteiger partial charge is 0.443 e. The predicted octanol–water partition coefficient (Wildman–Crippen LogP) is 0.513. The Morgan fingerprint density at radius 2 is 2.00 bits per heavy atom. The number of nitrogens with two attached hydrogens (primary N) is 2. The molecule has 0 aliphatic heterocycles. The van der Waals surface area contributed by atoms with Gasteiger partial charge >= 0.3 is 11.9 Å². The lowest BCUT2D eigenvalue weighted by Crippen LogP contribution is -2.35. The molecule has 0 unspecified atom stereocenters. The quantitative estimate of drug-likeness (QED) is 0.420. The van der Waals surface area contributed by atoms with Gasteiger partial charge in [0.05, 0.1) is 0 Å². The first-order valence-electron chi connectivity index (χ1n) is 8.59. The number of pyridine rings is 1. The van der Waals surface area contributed by atoms with Gasteiger partial charge in [-0.2, -0.15) is 0 Å². The van der Waals surface area contributed by atoms with E-state index in [1.807, 2.05) is 0 Å². The van der Waals surface area contributed by atoms with Crippen molar-refractivity contribution in [2.24, 2.45) is 16.5 Å². The van der Waals surface area contributed by atoms with Gasteiger partial charge in [0.1, 0.15) is 29.0 Å². The summed E-state index contributed by atoms with van der Waals surface area (Å²) in [7, 11) is 1.46. The Balaban J connectivity index is 2.49. The third-order valence-electron chi connectivity index (χ3n) is 3.50. The van der Waals surface area contributed by atoms with Gasteiger partial charge in [-0.1, -0.05) is 0 Å². The number of rotatable bonds is 5. The van der Waals surface area contributed by atoms with Crippen LogP contribution in [-0.4, -0.2) is 45.4 Å². The number of amidine groups is 1. The smallest absolute Gasteiger partial charge is 0.414 e. The summed E-state index contributed by atoms with van der Waals surface area (Å²) < 4.78 is 5.37. The molecule has 7 N–H and O–H groups in total. The van der Waals surface area contributed by atoms with E-state index in [0.29, 0.717) is 0 Å². The highest BCUT2D eigenvalue weighted by molar-refractivity contribution is 6.00. The van der Waals surface area contributed by atoms with Crippen molar-refractivity contribution in [1.82, 2.24) is 14.9 Å². The number of carbonyl (C=O) groups is 2. The highest BCUT2D eigenvalue weighted by atomic mass is 16.6. The number of hydrogen-bond donors (Lipinski definition) is 4. The zero-order chi connectivity index (χ0) is 21.8. The topological polar surface area (TPSA) is 174 Å². The van der Waals surface area contributed by atoms with Crippen LogP contribution in [0.25, 0.3) is 5.70 Å². The second kappa shape index (κ2) is 8.42. The van der Waals surface area contributed by atoms with Crippen molar-refractivity contribution in [1.29, 1.82) is 0 Å². The Kier molecular flexibility index (Phi) is 6.22. The molecule has 0 aliphatic rings. The molecule has 2 amide bonds. The van der Waals surface area contributed by atoms with E-state index in [4.69, 9.17) is 16.2 Å². The van der Waals surface area contributed by atoms with Crippen molar-refractivity contribution in [2.75, 3.05) is 7.05 Å². The normalized spacial score (nSPS) is 12.6. The summed E-state index contributed by atoms with van der Waals surface area (Å²) in [5, 5.41) is 0. The lowest BCUT2D eigenvalue weighted by Gasteiger charge is -2.24. The lowest BCUT2D eigenvalue weighted by molar-refractivity contribution is -0.380. The highest BCUT2D eigenvalue weighted by Crippen LogP contribution is 2.18. The van der Waals surface area contributed by atoms with Crippen molar-refractivity contribution in [3.05, 3.63) is 52.5 Å². The molecule has 2 aromatic rings. The molecule has 11 nitrogen and oxygen atoms in total.